The van der Waals surface area contributed by atoms with Crippen LogP contribution in [0.1, 0.15) is 20.8 Å². The molecule has 0 aliphatic heterocycles. The smallest absolute Gasteiger partial charge is 0.0209 e. The summed E-state index contributed by atoms with van der Waals surface area (Å²) in [5.74, 6) is 0.606. The second kappa shape index (κ2) is 4.54. The SMILES string of the molecule is CN(C)CC1C=CC=C1SC(C)(C)C. The van der Waals surface area contributed by atoms with E-state index in [0.717, 1.165) is 6.54 Å². The van der Waals surface area contributed by atoms with E-state index in [1.165, 1.54) is 4.91 Å². The van der Waals surface area contributed by atoms with Crippen molar-refractivity contribution >= 4 is 11.8 Å². The molecule has 2 heteroatoms. The molecule has 14 heavy (non-hydrogen) atoms. The summed E-state index contributed by atoms with van der Waals surface area (Å²) in [7, 11) is 4.26. The average Bonchev–Trinajstić information content (AvgIpc) is 2.32. The normalized spacial score (nSPS) is 21.9. The van der Waals surface area contributed by atoms with E-state index in [2.05, 4.69) is 58.0 Å². The van der Waals surface area contributed by atoms with Gasteiger partial charge in [-0.1, -0.05) is 39.0 Å². The molecule has 80 valence electrons. The number of hydrogen-bond acceptors (Lipinski definition) is 2. The molecule has 0 bridgehead atoms. The van der Waals surface area contributed by atoms with Crippen molar-refractivity contribution in [1.82, 2.24) is 4.90 Å². The van der Waals surface area contributed by atoms with Crippen LogP contribution < -0.4 is 0 Å². The summed E-state index contributed by atoms with van der Waals surface area (Å²) in [6.45, 7) is 7.92. The Bertz CT molecular complexity index is 246. The van der Waals surface area contributed by atoms with Gasteiger partial charge in [0.15, 0.2) is 0 Å². The van der Waals surface area contributed by atoms with Gasteiger partial charge in [-0.25, -0.2) is 0 Å². The van der Waals surface area contributed by atoms with E-state index in [0.29, 0.717) is 10.7 Å². The highest BCUT2D eigenvalue weighted by Gasteiger charge is 2.21. The first-order valence-corrected chi connectivity index (χ1v) is 5.92. The Morgan fingerprint density at radius 1 is 1.36 bits per heavy atom. The molecule has 0 amide bonds. The van der Waals surface area contributed by atoms with Crippen LogP contribution in [0.25, 0.3) is 0 Å². The fourth-order valence-electron chi connectivity index (χ4n) is 1.51. The Morgan fingerprint density at radius 3 is 2.50 bits per heavy atom. The molecular weight excluding hydrogens is 190 g/mol. The van der Waals surface area contributed by atoms with Crippen LogP contribution in [-0.4, -0.2) is 30.3 Å². The van der Waals surface area contributed by atoms with Crippen molar-refractivity contribution in [2.75, 3.05) is 20.6 Å². The molecule has 1 aliphatic rings. The van der Waals surface area contributed by atoms with Crippen LogP contribution in [0.15, 0.2) is 23.1 Å². The van der Waals surface area contributed by atoms with Crippen LogP contribution in [0.3, 0.4) is 0 Å². The second-order valence-electron chi connectivity index (χ2n) is 5.04. The maximum absolute atomic E-state index is 2.30. The minimum Gasteiger partial charge on any atom is -0.308 e. The fraction of sp³-hybridized carbons (Fsp3) is 0.667. The zero-order chi connectivity index (χ0) is 10.8. The second-order valence-corrected chi connectivity index (χ2v) is 6.94. The Hall–Kier alpha value is -0.210. The third kappa shape index (κ3) is 3.89. The molecular formula is C12H21NS. The van der Waals surface area contributed by atoms with Gasteiger partial charge in [0.25, 0.3) is 0 Å². The zero-order valence-electron chi connectivity index (χ0n) is 9.87. The van der Waals surface area contributed by atoms with Crippen LogP contribution in [0.5, 0.6) is 0 Å². The largest absolute Gasteiger partial charge is 0.308 e. The van der Waals surface area contributed by atoms with Crippen LogP contribution in [-0.2, 0) is 0 Å². The monoisotopic (exact) mass is 211 g/mol. The molecule has 0 radical (unpaired) electrons. The average molecular weight is 211 g/mol. The van der Waals surface area contributed by atoms with Crippen molar-refractivity contribution in [3.05, 3.63) is 23.1 Å². The van der Waals surface area contributed by atoms with Crippen molar-refractivity contribution in [1.29, 1.82) is 0 Å². The Balaban J connectivity index is 2.54. The third-order valence-corrected chi connectivity index (χ3v) is 3.24. The van der Waals surface area contributed by atoms with E-state index in [4.69, 9.17) is 0 Å². The molecule has 0 aromatic carbocycles. The zero-order valence-corrected chi connectivity index (χ0v) is 10.7. The van der Waals surface area contributed by atoms with Gasteiger partial charge in [-0.15, -0.1) is 11.8 Å². The molecule has 0 saturated heterocycles. The van der Waals surface area contributed by atoms with Gasteiger partial charge in [0.2, 0.25) is 0 Å². The van der Waals surface area contributed by atoms with Gasteiger partial charge in [0, 0.05) is 17.2 Å². The summed E-state index contributed by atoms with van der Waals surface area (Å²) in [5.41, 5.74) is 0. The van der Waals surface area contributed by atoms with Crippen LogP contribution in [0, 0.1) is 5.92 Å². The van der Waals surface area contributed by atoms with Crippen molar-refractivity contribution in [3.63, 3.8) is 0 Å². The maximum atomic E-state index is 2.30. The molecule has 0 aromatic rings. The highest BCUT2D eigenvalue weighted by Crippen LogP contribution is 2.38. The standard InChI is InChI=1S/C12H21NS/c1-12(2,3)14-11-8-6-7-10(11)9-13(4)5/h6-8,10H,9H2,1-5H3. The van der Waals surface area contributed by atoms with E-state index >= 15 is 0 Å². The summed E-state index contributed by atoms with van der Waals surface area (Å²) in [5, 5.41) is 0. The van der Waals surface area contributed by atoms with E-state index in [9.17, 15) is 0 Å². The van der Waals surface area contributed by atoms with Crippen molar-refractivity contribution in [3.8, 4) is 0 Å². The molecule has 0 spiro atoms. The van der Waals surface area contributed by atoms with Gasteiger partial charge in [0.05, 0.1) is 0 Å². The molecule has 1 aliphatic carbocycles. The number of nitrogens with zero attached hydrogens (tertiary/aromatic N) is 1. The molecule has 0 fully saturated rings. The summed E-state index contributed by atoms with van der Waals surface area (Å²) in [4.78, 5) is 3.75. The molecule has 1 rings (SSSR count). The Labute approximate surface area is 92.3 Å². The van der Waals surface area contributed by atoms with Crippen molar-refractivity contribution < 1.29 is 0 Å². The lowest BCUT2D eigenvalue weighted by Gasteiger charge is -2.24. The molecule has 1 atom stereocenters. The summed E-state index contributed by atoms with van der Waals surface area (Å²) >= 11 is 1.99. The van der Waals surface area contributed by atoms with Crippen LogP contribution in [0.4, 0.5) is 0 Å². The predicted octanol–water partition coefficient (Wildman–Crippen LogP) is 3.15. The van der Waals surface area contributed by atoms with E-state index < -0.39 is 0 Å². The predicted molar refractivity (Wildman–Crippen MR) is 66.6 cm³/mol. The van der Waals surface area contributed by atoms with Gasteiger partial charge in [-0.3, -0.25) is 0 Å². The van der Waals surface area contributed by atoms with Crippen molar-refractivity contribution in [2.24, 2.45) is 5.92 Å². The summed E-state index contributed by atoms with van der Waals surface area (Å²) in [6.07, 6.45) is 6.74. The highest BCUT2D eigenvalue weighted by molar-refractivity contribution is 8.04. The number of hydrogen-bond donors (Lipinski definition) is 0. The first-order valence-electron chi connectivity index (χ1n) is 5.10. The van der Waals surface area contributed by atoms with Gasteiger partial charge in [-0.05, 0) is 19.0 Å². The lowest BCUT2D eigenvalue weighted by Crippen LogP contribution is -2.21. The summed E-state index contributed by atoms with van der Waals surface area (Å²) < 4.78 is 0.322. The maximum Gasteiger partial charge on any atom is 0.0209 e. The van der Waals surface area contributed by atoms with Crippen LogP contribution >= 0.6 is 11.8 Å². The molecule has 0 saturated carbocycles. The number of rotatable bonds is 3. The van der Waals surface area contributed by atoms with Gasteiger partial charge in [-0.2, -0.15) is 0 Å². The Kier molecular flexibility index (Phi) is 3.85. The van der Waals surface area contributed by atoms with E-state index in [1.807, 2.05) is 11.8 Å². The van der Waals surface area contributed by atoms with Gasteiger partial charge in [0.1, 0.15) is 0 Å². The van der Waals surface area contributed by atoms with E-state index in [-0.39, 0.29) is 0 Å². The van der Waals surface area contributed by atoms with E-state index in [1.54, 1.807) is 0 Å². The van der Waals surface area contributed by atoms with Gasteiger partial charge >= 0.3 is 0 Å². The number of thioether (sulfide) groups is 1. The lowest BCUT2D eigenvalue weighted by molar-refractivity contribution is 0.385. The lowest BCUT2D eigenvalue weighted by atomic mass is 10.1. The first-order chi connectivity index (χ1) is 6.38. The molecule has 1 nitrogen and oxygen atoms in total. The highest BCUT2D eigenvalue weighted by atomic mass is 32.2. The van der Waals surface area contributed by atoms with Gasteiger partial charge < -0.3 is 4.90 Å². The minimum atomic E-state index is 0.322. The topological polar surface area (TPSA) is 3.24 Å². The van der Waals surface area contributed by atoms with Crippen molar-refractivity contribution in [2.45, 2.75) is 25.5 Å². The summed E-state index contributed by atoms with van der Waals surface area (Å²) in [6, 6.07) is 0. The molecule has 0 aromatic heterocycles. The molecule has 0 N–H and O–H groups in total. The fourth-order valence-corrected chi connectivity index (χ4v) is 2.67. The molecule has 1 unspecified atom stereocenters. The van der Waals surface area contributed by atoms with Crippen LogP contribution in [0.2, 0.25) is 0 Å². The Morgan fingerprint density at radius 2 is 2.00 bits per heavy atom. The molecule has 0 heterocycles. The quantitative estimate of drug-likeness (QED) is 0.705. The first kappa shape index (κ1) is 11.9. The number of allylic oxidation sites excluding steroid dienone is 2. The third-order valence-electron chi connectivity index (χ3n) is 1.96. The minimum absolute atomic E-state index is 0.322.